The van der Waals surface area contributed by atoms with Gasteiger partial charge < -0.3 is 4.74 Å². The molecule has 0 saturated heterocycles. The van der Waals surface area contributed by atoms with Gasteiger partial charge in [0.05, 0.1) is 0 Å². The molecule has 0 aromatic rings. The Bertz CT molecular complexity index is 175. The van der Waals surface area contributed by atoms with Gasteiger partial charge in [0.15, 0.2) is 0 Å². The highest BCUT2D eigenvalue weighted by atomic mass is 79.9. The van der Waals surface area contributed by atoms with Crippen LogP contribution < -0.4 is 0 Å². The summed E-state index contributed by atoms with van der Waals surface area (Å²) in [5.41, 5.74) is 3.29. The minimum absolute atomic E-state index is 0.0710. The van der Waals surface area contributed by atoms with Crippen LogP contribution in [0.5, 0.6) is 0 Å². The predicted molar refractivity (Wildman–Crippen MR) is 60.3 cm³/mol. The lowest BCUT2D eigenvalue weighted by Gasteiger charge is -2.08. The maximum atomic E-state index is 5.39. The molecule has 0 aliphatic carbocycles. The van der Waals surface area contributed by atoms with E-state index in [2.05, 4.69) is 47.0 Å². The van der Waals surface area contributed by atoms with Crippen molar-refractivity contribution in [2.45, 2.75) is 32.7 Å². The van der Waals surface area contributed by atoms with Crippen LogP contribution in [-0.4, -0.2) is 26.1 Å². The summed E-state index contributed by atoms with van der Waals surface area (Å²) < 4.78 is 5.39. The van der Waals surface area contributed by atoms with Crippen LogP contribution in [0.2, 0.25) is 19.6 Å². The molecule has 1 nitrogen and oxygen atoms in total. The first-order chi connectivity index (χ1) is 5.49. The van der Waals surface area contributed by atoms with Gasteiger partial charge in [0, 0.05) is 11.9 Å². The summed E-state index contributed by atoms with van der Waals surface area (Å²) >= 11 is 3.37. The second kappa shape index (κ2) is 5.79. The molecule has 1 atom stereocenters. The number of ether oxygens (including phenoxy) is 1. The van der Waals surface area contributed by atoms with E-state index in [0.29, 0.717) is 0 Å². The minimum Gasteiger partial charge on any atom is -0.365 e. The van der Waals surface area contributed by atoms with Crippen molar-refractivity contribution in [2.75, 3.05) is 11.9 Å². The fourth-order valence-electron chi connectivity index (χ4n) is 0.623. The van der Waals surface area contributed by atoms with Crippen molar-refractivity contribution in [1.29, 1.82) is 0 Å². The zero-order valence-electron chi connectivity index (χ0n) is 8.28. The molecule has 0 fully saturated rings. The maximum Gasteiger partial charge on any atom is 0.129 e. The van der Waals surface area contributed by atoms with Gasteiger partial charge in [-0.2, -0.15) is 0 Å². The highest BCUT2D eigenvalue weighted by Gasteiger charge is 2.09. The fourth-order valence-corrected chi connectivity index (χ4v) is 1.57. The van der Waals surface area contributed by atoms with Crippen molar-refractivity contribution in [3.05, 3.63) is 0 Å². The van der Waals surface area contributed by atoms with E-state index < -0.39 is 8.07 Å². The van der Waals surface area contributed by atoms with Crippen molar-refractivity contribution < 1.29 is 4.74 Å². The standard InChI is InChI=1S/C9H17BrOSi/c1-5-11-9(8-10)6-7-12(2,3)4/h9H,5,8H2,1-4H3. The SMILES string of the molecule is CCOC(C#C[Si](C)(C)C)CBr. The number of halogens is 1. The Hall–Kier alpha value is 0.217. The molecule has 12 heavy (non-hydrogen) atoms. The van der Waals surface area contributed by atoms with Crippen LogP contribution in [0.4, 0.5) is 0 Å². The minimum atomic E-state index is -1.23. The lowest BCUT2D eigenvalue weighted by molar-refractivity contribution is 0.120. The van der Waals surface area contributed by atoms with E-state index in [-0.39, 0.29) is 6.10 Å². The third-order valence-electron chi connectivity index (χ3n) is 1.12. The Morgan fingerprint density at radius 2 is 2.00 bits per heavy atom. The van der Waals surface area contributed by atoms with Gasteiger partial charge in [-0.25, -0.2) is 0 Å². The van der Waals surface area contributed by atoms with Gasteiger partial charge in [-0.3, -0.25) is 0 Å². The van der Waals surface area contributed by atoms with Gasteiger partial charge in [0.1, 0.15) is 14.2 Å². The summed E-state index contributed by atoms with van der Waals surface area (Å²) in [6, 6.07) is 0. The second-order valence-corrected chi connectivity index (χ2v) is 9.02. The Morgan fingerprint density at radius 3 is 2.33 bits per heavy atom. The first kappa shape index (κ1) is 12.2. The Kier molecular flexibility index (Phi) is 5.90. The fraction of sp³-hybridized carbons (Fsp3) is 0.778. The molecular formula is C9H17BrOSi. The molecule has 0 aliphatic rings. The van der Waals surface area contributed by atoms with E-state index >= 15 is 0 Å². The molecule has 0 amide bonds. The Labute approximate surface area is 85.0 Å². The number of hydrogen-bond donors (Lipinski definition) is 0. The molecule has 0 aromatic carbocycles. The van der Waals surface area contributed by atoms with Crippen LogP contribution in [0.1, 0.15) is 6.92 Å². The third kappa shape index (κ3) is 6.90. The summed E-state index contributed by atoms with van der Waals surface area (Å²) in [6.07, 6.45) is 0.0710. The highest BCUT2D eigenvalue weighted by molar-refractivity contribution is 9.09. The lowest BCUT2D eigenvalue weighted by Crippen LogP contribution is -2.19. The lowest BCUT2D eigenvalue weighted by atomic mass is 10.4. The number of alkyl halides is 1. The van der Waals surface area contributed by atoms with E-state index in [1.165, 1.54) is 0 Å². The molecule has 0 aliphatic heterocycles. The van der Waals surface area contributed by atoms with Crippen molar-refractivity contribution in [2.24, 2.45) is 0 Å². The molecule has 0 spiro atoms. The maximum absolute atomic E-state index is 5.39. The van der Waals surface area contributed by atoms with E-state index in [1.807, 2.05) is 6.92 Å². The molecule has 0 bridgehead atoms. The largest absolute Gasteiger partial charge is 0.365 e. The number of rotatable bonds is 3. The predicted octanol–water partition coefficient (Wildman–Crippen LogP) is 2.67. The van der Waals surface area contributed by atoms with E-state index in [1.54, 1.807) is 0 Å². The van der Waals surface area contributed by atoms with Gasteiger partial charge >= 0.3 is 0 Å². The zero-order chi connectivity index (χ0) is 9.61. The molecule has 0 heterocycles. The molecular weight excluding hydrogens is 232 g/mol. The molecule has 3 heteroatoms. The molecule has 0 N–H and O–H groups in total. The van der Waals surface area contributed by atoms with Crippen molar-refractivity contribution in [3.63, 3.8) is 0 Å². The van der Waals surface area contributed by atoms with Crippen molar-refractivity contribution >= 4 is 24.0 Å². The molecule has 0 rings (SSSR count). The van der Waals surface area contributed by atoms with Crippen LogP contribution in [0.25, 0.3) is 0 Å². The smallest absolute Gasteiger partial charge is 0.129 e. The van der Waals surface area contributed by atoms with Gasteiger partial charge in [0.2, 0.25) is 0 Å². The van der Waals surface area contributed by atoms with E-state index in [4.69, 9.17) is 4.74 Å². The molecule has 70 valence electrons. The topological polar surface area (TPSA) is 9.23 Å². The molecule has 1 unspecified atom stereocenters. The molecule has 0 aromatic heterocycles. The summed E-state index contributed by atoms with van der Waals surface area (Å²) in [5, 5.41) is 0.804. The van der Waals surface area contributed by atoms with Crippen LogP contribution in [0, 0.1) is 11.5 Å². The van der Waals surface area contributed by atoms with Gasteiger partial charge in [-0.05, 0) is 6.92 Å². The van der Waals surface area contributed by atoms with Gasteiger partial charge in [-0.15, -0.1) is 5.54 Å². The quantitative estimate of drug-likeness (QED) is 0.424. The third-order valence-corrected chi connectivity index (χ3v) is 2.60. The number of hydrogen-bond acceptors (Lipinski definition) is 1. The van der Waals surface area contributed by atoms with Gasteiger partial charge in [0.25, 0.3) is 0 Å². The summed E-state index contributed by atoms with van der Waals surface area (Å²) in [6.45, 7) is 9.42. The summed E-state index contributed by atoms with van der Waals surface area (Å²) in [4.78, 5) is 0. The average molecular weight is 249 g/mol. The average Bonchev–Trinajstić information content (AvgIpc) is 1.96. The van der Waals surface area contributed by atoms with E-state index in [0.717, 1.165) is 11.9 Å². The van der Waals surface area contributed by atoms with Crippen LogP contribution in [-0.2, 0) is 4.74 Å². The Morgan fingerprint density at radius 1 is 1.42 bits per heavy atom. The normalized spacial score (nSPS) is 13.4. The van der Waals surface area contributed by atoms with Crippen molar-refractivity contribution in [1.82, 2.24) is 0 Å². The first-order valence-electron chi connectivity index (χ1n) is 4.20. The summed E-state index contributed by atoms with van der Waals surface area (Å²) in [7, 11) is -1.23. The zero-order valence-corrected chi connectivity index (χ0v) is 10.9. The van der Waals surface area contributed by atoms with E-state index in [9.17, 15) is 0 Å². The van der Waals surface area contributed by atoms with Crippen molar-refractivity contribution in [3.8, 4) is 11.5 Å². The monoisotopic (exact) mass is 248 g/mol. The molecule has 0 saturated carbocycles. The van der Waals surface area contributed by atoms with Crippen LogP contribution >= 0.6 is 15.9 Å². The highest BCUT2D eigenvalue weighted by Crippen LogP contribution is 2.00. The first-order valence-corrected chi connectivity index (χ1v) is 8.82. The second-order valence-electron chi connectivity index (χ2n) is 3.62. The van der Waals surface area contributed by atoms with Crippen LogP contribution in [0.15, 0.2) is 0 Å². The van der Waals surface area contributed by atoms with Gasteiger partial charge in [-0.1, -0.05) is 41.5 Å². The van der Waals surface area contributed by atoms with Crippen LogP contribution in [0.3, 0.4) is 0 Å². The summed E-state index contributed by atoms with van der Waals surface area (Å²) in [5.74, 6) is 3.15. The Balaban J connectivity index is 4.05. The molecule has 0 radical (unpaired) electrons.